The summed E-state index contributed by atoms with van der Waals surface area (Å²) in [4.78, 5) is 1.99. The van der Waals surface area contributed by atoms with Crippen molar-refractivity contribution in [2.75, 3.05) is 32.8 Å². The Hall–Kier alpha value is -0.160. The van der Waals surface area contributed by atoms with Crippen LogP contribution in [-0.4, -0.2) is 49.2 Å². The second-order valence-electron chi connectivity index (χ2n) is 2.98. The Balaban J connectivity index is 2.15. The van der Waals surface area contributed by atoms with Gasteiger partial charge in [0.1, 0.15) is 0 Å². The predicted molar refractivity (Wildman–Crippen MR) is 46.7 cm³/mol. The third kappa shape index (κ3) is 3.06. The minimum absolute atomic E-state index is 0.492. The van der Waals surface area contributed by atoms with Gasteiger partial charge in [-0.05, 0) is 13.0 Å². The predicted octanol–water partition coefficient (Wildman–Crippen LogP) is -0.406. The number of hydrogen-bond donors (Lipinski definition) is 2. The molecule has 4 nitrogen and oxygen atoms in total. The molecule has 0 aromatic carbocycles. The minimum Gasteiger partial charge on any atom is -0.379 e. The summed E-state index contributed by atoms with van der Waals surface area (Å²) in [7, 11) is 0. The molecule has 2 N–H and O–H groups in total. The van der Waals surface area contributed by atoms with Crippen molar-refractivity contribution >= 4 is 0 Å². The molecular formula is C8H18N2O2. The topological polar surface area (TPSA) is 44.7 Å². The van der Waals surface area contributed by atoms with Gasteiger partial charge in [-0.2, -0.15) is 0 Å². The molecule has 1 aliphatic rings. The summed E-state index contributed by atoms with van der Waals surface area (Å²) >= 11 is 0. The Morgan fingerprint density at radius 1 is 1.50 bits per heavy atom. The Morgan fingerprint density at radius 3 is 2.75 bits per heavy atom. The maximum atomic E-state index is 9.56. The fourth-order valence-electron chi connectivity index (χ4n) is 1.22. The third-order valence-electron chi connectivity index (χ3n) is 1.97. The molecule has 12 heavy (non-hydrogen) atoms. The van der Waals surface area contributed by atoms with Crippen LogP contribution in [-0.2, 0) is 4.74 Å². The summed E-state index contributed by atoms with van der Waals surface area (Å²) in [5, 5.41) is 12.6. The molecule has 4 heteroatoms. The lowest BCUT2D eigenvalue weighted by molar-refractivity contribution is -0.0738. The fraction of sp³-hybridized carbons (Fsp3) is 1.00. The van der Waals surface area contributed by atoms with E-state index < -0.39 is 6.35 Å². The number of nitrogens with zero attached hydrogens (tertiary/aromatic N) is 1. The van der Waals surface area contributed by atoms with Crippen molar-refractivity contribution in [2.45, 2.75) is 19.7 Å². The molecule has 0 spiro atoms. The molecule has 0 bridgehead atoms. The van der Waals surface area contributed by atoms with Crippen LogP contribution in [0.5, 0.6) is 0 Å². The Bertz CT molecular complexity index is 116. The average molecular weight is 174 g/mol. The van der Waals surface area contributed by atoms with Crippen LogP contribution < -0.4 is 5.32 Å². The molecule has 1 aliphatic heterocycles. The van der Waals surface area contributed by atoms with Crippen molar-refractivity contribution in [3.05, 3.63) is 0 Å². The highest BCUT2D eigenvalue weighted by Crippen LogP contribution is 1.98. The highest BCUT2D eigenvalue weighted by molar-refractivity contribution is 4.63. The van der Waals surface area contributed by atoms with E-state index >= 15 is 0 Å². The summed E-state index contributed by atoms with van der Waals surface area (Å²) in [6.07, 6.45) is 0.551. The summed E-state index contributed by atoms with van der Waals surface area (Å²) in [6.45, 7) is 6.03. The van der Waals surface area contributed by atoms with Gasteiger partial charge in [-0.1, -0.05) is 6.92 Å². The van der Waals surface area contributed by atoms with Crippen LogP contribution in [0.3, 0.4) is 0 Å². The van der Waals surface area contributed by atoms with Gasteiger partial charge >= 0.3 is 0 Å². The van der Waals surface area contributed by atoms with E-state index in [2.05, 4.69) is 12.2 Å². The maximum Gasteiger partial charge on any atom is 0.163 e. The molecule has 1 fully saturated rings. The number of aliphatic hydroxyl groups excluding tert-OH is 1. The number of nitrogens with one attached hydrogen (secondary N) is 1. The number of morpholine rings is 1. The van der Waals surface area contributed by atoms with Crippen molar-refractivity contribution < 1.29 is 9.84 Å². The number of hydrogen-bond acceptors (Lipinski definition) is 4. The van der Waals surface area contributed by atoms with Gasteiger partial charge in [-0.15, -0.1) is 0 Å². The van der Waals surface area contributed by atoms with E-state index in [1.165, 1.54) is 0 Å². The van der Waals surface area contributed by atoms with Gasteiger partial charge in [-0.25, -0.2) is 0 Å². The molecule has 1 atom stereocenters. The van der Waals surface area contributed by atoms with E-state index in [-0.39, 0.29) is 0 Å². The zero-order valence-electron chi connectivity index (χ0n) is 7.62. The second kappa shape index (κ2) is 5.48. The molecule has 0 amide bonds. The van der Waals surface area contributed by atoms with Crippen molar-refractivity contribution in [1.29, 1.82) is 0 Å². The second-order valence-corrected chi connectivity index (χ2v) is 2.98. The monoisotopic (exact) mass is 174 g/mol. The van der Waals surface area contributed by atoms with Gasteiger partial charge in [0.2, 0.25) is 0 Å². The average Bonchev–Trinajstić information content (AvgIpc) is 2.15. The SMILES string of the molecule is CCCNC(O)N1CCOCC1. The van der Waals surface area contributed by atoms with Gasteiger partial charge in [0.15, 0.2) is 6.35 Å². The van der Waals surface area contributed by atoms with Gasteiger partial charge in [-0.3, -0.25) is 10.2 Å². The maximum absolute atomic E-state index is 9.56. The van der Waals surface area contributed by atoms with Gasteiger partial charge in [0, 0.05) is 13.1 Å². The molecule has 0 aliphatic carbocycles. The smallest absolute Gasteiger partial charge is 0.163 e. The minimum atomic E-state index is -0.492. The highest BCUT2D eigenvalue weighted by atomic mass is 16.5. The molecule has 1 saturated heterocycles. The summed E-state index contributed by atoms with van der Waals surface area (Å²) in [6, 6.07) is 0. The van der Waals surface area contributed by atoms with Crippen LogP contribution in [0.15, 0.2) is 0 Å². The molecule has 0 saturated carbocycles. The largest absolute Gasteiger partial charge is 0.379 e. The van der Waals surface area contributed by atoms with Gasteiger partial charge < -0.3 is 9.84 Å². The van der Waals surface area contributed by atoms with Crippen LogP contribution in [0.25, 0.3) is 0 Å². The zero-order chi connectivity index (χ0) is 8.81. The van der Waals surface area contributed by atoms with Crippen molar-refractivity contribution in [3.8, 4) is 0 Å². The van der Waals surface area contributed by atoms with Gasteiger partial charge in [0.05, 0.1) is 13.2 Å². The lowest BCUT2D eigenvalue weighted by atomic mass is 10.4. The fourth-order valence-corrected chi connectivity index (χ4v) is 1.22. The summed E-state index contributed by atoms with van der Waals surface area (Å²) in [5.74, 6) is 0. The van der Waals surface area contributed by atoms with E-state index in [1.54, 1.807) is 0 Å². The Labute approximate surface area is 73.5 Å². The number of rotatable bonds is 4. The van der Waals surface area contributed by atoms with E-state index in [9.17, 15) is 5.11 Å². The molecular weight excluding hydrogens is 156 g/mol. The van der Waals surface area contributed by atoms with E-state index in [0.29, 0.717) is 0 Å². The first-order chi connectivity index (χ1) is 5.84. The lowest BCUT2D eigenvalue weighted by Gasteiger charge is -2.31. The summed E-state index contributed by atoms with van der Waals surface area (Å²) in [5.41, 5.74) is 0. The van der Waals surface area contributed by atoms with Crippen molar-refractivity contribution in [1.82, 2.24) is 10.2 Å². The van der Waals surface area contributed by atoms with Crippen LogP contribution in [0.1, 0.15) is 13.3 Å². The van der Waals surface area contributed by atoms with Crippen LogP contribution in [0.4, 0.5) is 0 Å². The standard InChI is InChI=1S/C8H18N2O2/c1-2-3-9-8(11)10-4-6-12-7-5-10/h8-9,11H,2-7H2,1H3. The molecule has 0 aromatic rings. The number of aliphatic hydroxyl groups is 1. The molecule has 0 radical (unpaired) electrons. The van der Waals surface area contributed by atoms with Crippen LogP contribution in [0.2, 0.25) is 0 Å². The van der Waals surface area contributed by atoms with E-state index in [4.69, 9.17) is 4.74 Å². The van der Waals surface area contributed by atoms with Gasteiger partial charge in [0.25, 0.3) is 0 Å². The molecule has 1 heterocycles. The third-order valence-corrected chi connectivity index (χ3v) is 1.97. The quantitative estimate of drug-likeness (QED) is 0.569. The molecule has 1 unspecified atom stereocenters. The summed E-state index contributed by atoms with van der Waals surface area (Å²) < 4.78 is 5.17. The Kier molecular flexibility index (Phi) is 4.53. The molecule has 1 rings (SSSR count). The molecule has 72 valence electrons. The van der Waals surface area contributed by atoms with Crippen LogP contribution in [0, 0.1) is 0 Å². The lowest BCUT2D eigenvalue weighted by Crippen LogP contribution is -2.50. The molecule has 0 aromatic heterocycles. The zero-order valence-corrected chi connectivity index (χ0v) is 7.62. The first kappa shape index (κ1) is 9.92. The normalized spacial score (nSPS) is 22.5. The first-order valence-electron chi connectivity index (χ1n) is 4.58. The van der Waals surface area contributed by atoms with Crippen molar-refractivity contribution in [3.63, 3.8) is 0 Å². The number of ether oxygens (including phenoxy) is 1. The van der Waals surface area contributed by atoms with Crippen molar-refractivity contribution in [2.24, 2.45) is 0 Å². The first-order valence-corrected chi connectivity index (χ1v) is 4.58. The Morgan fingerprint density at radius 2 is 2.17 bits per heavy atom. The van der Waals surface area contributed by atoms with E-state index in [1.807, 2.05) is 4.90 Å². The highest BCUT2D eigenvalue weighted by Gasteiger charge is 2.16. The van der Waals surface area contributed by atoms with Crippen LogP contribution >= 0.6 is 0 Å². The van der Waals surface area contributed by atoms with E-state index in [0.717, 1.165) is 39.3 Å².